The van der Waals surface area contributed by atoms with Crippen LogP contribution in [0.15, 0.2) is 58.4 Å². The van der Waals surface area contributed by atoms with E-state index in [1.807, 2.05) is 42.8 Å². The summed E-state index contributed by atoms with van der Waals surface area (Å²) in [5.74, 6) is 1.34. The highest BCUT2D eigenvalue weighted by Gasteiger charge is 2.34. The number of methoxy groups -OCH3 is 2. The van der Waals surface area contributed by atoms with Crippen molar-refractivity contribution in [2.45, 2.75) is 17.5 Å². The van der Waals surface area contributed by atoms with E-state index in [-0.39, 0.29) is 17.7 Å². The van der Waals surface area contributed by atoms with E-state index in [0.717, 1.165) is 32.2 Å². The van der Waals surface area contributed by atoms with Crippen molar-refractivity contribution in [1.29, 1.82) is 0 Å². The quantitative estimate of drug-likeness (QED) is 0.284. The summed E-state index contributed by atoms with van der Waals surface area (Å²) >= 11 is 2.97. The van der Waals surface area contributed by atoms with Crippen LogP contribution in [0.25, 0.3) is 11.0 Å². The van der Waals surface area contributed by atoms with Gasteiger partial charge in [-0.05, 0) is 29.1 Å². The fourth-order valence-electron chi connectivity index (χ4n) is 3.90. The zero-order chi connectivity index (χ0) is 23.7. The average Bonchev–Trinajstić information content (AvgIpc) is 3.62. The van der Waals surface area contributed by atoms with Crippen molar-refractivity contribution >= 4 is 45.8 Å². The predicted molar refractivity (Wildman–Crippen MR) is 132 cm³/mol. The van der Waals surface area contributed by atoms with Crippen LogP contribution in [0.5, 0.6) is 11.5 Å². The first-order valence-electron chi connectivity index (χ1n) is 10.5. The lowest BCUT2D eigenvalue weighted by atomic mass is 10.0. The highest BCUT2D eigenvalue weighted by atomic mass is 32.2. The molecule has 1 amide bonds. The number of nitrogens with zero attached hydrogens (tertiary/aromatic N) is 6. The van der Waals surface area contributed by atoms with E-state index in [1.54, 1.807) is 41.4 Å². The van der Waals surface area contributed by atoms with Crippen LogP contribution in [0.4, 0.5) is 0 Å². The Bertz CT molecular complexity index is 1370. The predicted octanol–water partition coefficient (Wildman–Crippen LogP) is 3.91. The first kappa shape index (κ1) is 22.4. The van der Waals surface area contributed by atoms with Gasteiger partial charge in [-0.2, -0.15) is 10.2 Å². The molecule has 1 aliphatic heterocycles. The van der Waals surface area contributed by atoms with Crippen molar-refractivity contribution in [3.8, 4) is 11.5 Å². The third-order valence-electron chi connectivity index (χ3n) is 5.59. The zero-order valence-corrected chi connectivity index (χ0v) is 20.5. The second kappa shape index (κ2) is 9.43. The van der Waals surface area contributed by atoms with Crippen LogP contribution in [0.2, 0.25) is 0 Å². The summed E-state index contributed by atoms with van der Waals surface area (Å²) in [6.07, 6.45) is 3.83. The number of ether oxygens (including phenoxy) is 2. The van der Waals surface area contributed by atoms with Crippen molar-refractivity contribution in [2.75, 3.05) is 20.0 Å². The van der Waals surface area contributed by atoms with E-state index in [2.05, 4.69) is 15.1 Å². The summed E-state index contributed by atoms with van der Waals surface area (Å²) in [4.78, 5) is 23.1. The summed E-state index contributed by atoms with van der Waals surface area (Å²) in [7, 11) is 5.03. The second-order valence-electron chi connectivity index (χ2n) is 7.57. The number of amides is 1. The molecule has 3 aromatic heterocycles. The minimum absolute atomic E-state index is 0.105. The fraction of sp³-hybridized carbons (Fsp3) is 0.261. The van der Waals surface area contributed by atoms with Gasteiger partial charge in [0.25, 0.3) is 5.91 Å². The van der Waals surface area contributed by atoms with Crippen molar-refractivity contribution in [3.05, 3.63) is 58.7 Å². The van der Waals surface area contributed by atoms with Crippen LogP contribution < -0.4 is 9.47 Å². The number of aromatic nitrogens is 4. The maximum atomic E-state index is 13.4. The summed E-state index contributed by atoms with van der Waals surface area (Å²) in [5.41, 5.74) is 2.56. The molecule has 0 N–H and O–H groups in total. The highest BCUT2D eigenvalue weighted by Crippen LogP contribution is 2.38. The molecule has 5 rings (SSSR count). The number of carbonyl (C=O) groups is 1. The SMILES string of the molecule is COc1ccc([C@@H]2CC(c3cccs3)=NN2C(=O)CSc2ncnc3c2cnn3C)cc1OC. The Morgan fingerprint density at radius 3 is 2.82 bits per heavy atom. The normalized spacial score (nSPS) is 15.6. The minimum atomic E-state index is -0.242. The van der Waals surface area contributed by atoms with Gasteiger partial charge in [0.2, 0.25) is 0 Å². The third-order valence-corrected chi connectivity index (χ3v) is 7.50. The van der Waals surface area contributed by atoms with Crippen LogP contribution >= 0.6 is 23.1 Å². The zero-order valence-electron chi connectivity index (χ0n) is 18.8. The third kappa shape index (κ3) is 4.12. The van der Waals surface area contributed by atoms with E-state index in [1.165, 1.54) is 18.1 Å². The number of hydrogen-bond acceptors (Lipinski definition) is 9. The number of rotatable bonds is 7. The van der Waals surface area contributed by atoms with Gasteiger partial charge in [-0.1, -0.05) is 23.9 Å². The number of hydrogen-bond donors (Lipinski definition) is 0. The number of thiophene rings is 1. The summed E-state index contributed by atoms with van der Waals surface area (Å²) < 4.78 is 12.6. The van der Waals surface area contributed by atoms with Crippen LogP contribution in [-0.2, 0) is 11.8 Å². The van der Waals surface area contributed by atoms with Gasteiger partial charge in [0.05, 0.1) is 48.2 Å². The molecule has 4 heterocycles. The largest absolute Gasteiger partial charge is 0.493 e. The van der Waals surface area contributed by atoms with Crippen molar-refractivity contribution in [2.24, 2.45) is 12.1 Å². The van der Waals surface area contributed by atoms with Gasteiger partial charge in [-0.3, -0.25) is 9.48 Å². The van der Waals surface area contributed by atoms with Crippen LogP contribution in [-0.4, -0.2) is 56.3 Å². The Morgan fingerprint density at radius 1 is 1.21 bits per heavy atom. The minimum Gasteiger partial charge on any atom is -0.493 e. The smallest absolute Gasteiger partial charge is 0.253 e. The number of hydrazone groups is 1. The molecular formula is C23H22N6O3S2. The number of benzene rings is 1. The molecule has 1 atom stereocenters. The van der Waals surface area contributed by atoms with Crippen molar-refractivity contribution in [3.63, 3.8) is 0 Å². The maximum Gasteiger partial charge on any atom is 0.253 e. The van der Waals surface area contributed by atoms with Gasteiger partial charge < -0.3 is 9.47 Å². The Labute approximate surface area is 204 Å². The lowest BCUT2D eigenvalue weighted by Gasteiger charge is -2.22. The Kier molecular flexibility index (Phi) is 6.20. The summed E-state index contributed by atoms with van der Waals surface area (Å²) in [6, 6.07) is 9.49. The Balaban J connectivity index is 1.42. The molecule has 34 heavy (non-hydrogen) atoms. The number of aryl methyl sites for hydroxylation is 1. The lowest BCUT2D eigenvalue weighted by molar-refractivity contribution is -0.130. The molecule has 0 fully saturated rings. The molecule has 11 heteroatoms. The van der Waals surface area contributed by atoms with E-state index in [4.69, 9.17) is 14.6 Å². The molecule has 0 bridgehead atoms. The Hall–Kier alpha value is -3.44. The van der Waals surface area contributed by atoms with Gasteiger partial charge in [0.15, 0.2) is 17.1 Å². The second-order valence-corrected chi connectivity index (χ2v) is 9.48. The maximum absolute atomic E-state index is 13.4. The van der Waals surface area contributed by atoms with Gasteiger partial charge in [-0.25, -0.2) is 15.0 Å². The highest BCUT2D eigenvalue weighted by molar-refractivity contribution is 8.00. The topological polar surface area (TPSA) is 94.7 Å². The molecule has 0 unspecified atom stereocenters. The van der Waals surface area contributed by atoms with E-state index >= 15 is 0 Å². The molecule has 9 nitrogen and oxygen atoms in total. The van der Waals surface area contributed by atoms with Crippen LogP contribution in [0.1, 0.15) is 22.9 Å². The first-order chi connectivity index (χ1) is 16.6. The molecule has 0 saturated carbocycles. The average molecular weight is 495 g/mol. The molecule has 174 valence electrons. The van der Waals surface area contributed by atoms with E-state index in [0.29, 0.717) is 17.9 Å². The monoisotopic (exact) mass is 494 g/mol. The standard InChI is InChI=1S/C23H22N6O3S2/c1-28-22-15(11-26-28)23(25-13-24-22)34-12-21(30)29-17(10-16(27-29)20-5-4-8-33-20)14-6-7-18(31-2)19(9-14)32-3/h4-9,11,13,17H,10,12H2,1-3H3/t17-/m0/s1. The van der Waals surface area contributed by atoms with Crippen molar-refractivity contribution in [1.82, 2.24) is 24.8 Å². The fourth-order valence-corrected chi connectivity index (χ4v) is 5.44. The van der Waals surface area contributed by atoms with Gasteiger partial charge in [-0.15, -0.1) is 11.3 Å². The molecule has 0 spiro atoms. The summed E-state index contributed by atoms with van der Waals surface area (Å²) in [6.45, 7) is 0. The van der Waals surface area contributed by atoms with Crippen LogP contribution in [0.3, 0.4) is 0 Å². The van der Waals surface area contributed by atoms with Crippen molar-refractivity contribution < 1.29 is 14.3 Å². The molecule has 1 aliphatic rings. The number of fused-ring (bicyclic) bond motifs is 1. The van der Waals surface area contributed by atoms with Crippen LogP contribution in [0, 0.1) is 0 Å². The summed E-state index contributed by atoms with van der Waals surface area (Å²) in [5, 5.41) is 14.1. The number of carbonyl (C=O) groups excluding carboxylic acids is 1. The Morgan fingerprint density at radius 2 is 2.06 bits per heavy atom. The molecule has 4 aromatic rings. The molecule has 0 aliphatic carbocycles. The molecular weight excluding hydrogens is 472 g/mol. The molecule has 0 radical (unpaired) electrons. The molecule has 0 saturated heterocycles. The first-order valence-corrected chi connectivity index (χ1v) is 12.4. The lowest BCUT2D eigenvalue weighted by Crippen LogP contribution is -2.28. The van der Waals surface area contributed by atoms with E-state index in [9.17, 15) is 4.79 Å². The van der Waals surface area contributed by atoms with Gasteiger partial charge >= 0.3 is 0 Å². The van der Waals surface area contributed by atoms with Gasteiger partial charge in [0.1, 0.15) is 11.4 Å². The van der Waals surface area contributed by atoms with E-state index < -0.39 is 0 Å². The van der Waals surface area contributed by atoms with Gasteiger partial charge in [0, 0.05) is 13.5 Å². The molecule has 1 aromatic carbocycles. The number of thioether (sulfide) groups is 1.